The highest BCUT2D eigenvalue weighted by Crippen LogP contribution is 2.32. The van der Waals surface area contributed by atoms with Crippen LogP contribution >= 0.6 is 11.3 Å². The number of ether oxygens (including phenoxy) is 1. The van der Waals surface area contributed by atoms with Gasteiger partial charge < -0.3 is 4.74 Å². The molecule has 3 aromatic carbocycles. The number of carbonyl (C=O) groups excluding carboxylic acids is 1. The van der Waals surface area contributed by atoms with Gasteiger partial charge in [0.25, 0.3) is 5.91 Å². The molecule has 0 saturated carbocycles. The highest BCUT2D eigenvalue weighted by Gasteiger charge is 2.24. The van der Waals surface area contributed by atoms with Crippen LogP contribution in [0.25, 0.3) is 21.0 Å². The fourth-order valence-corrected chi connectivity index (χ4v) is 5.34. The van der Waals surface area contributed by atoms with Crippen molar-refractivity contribution >= 4 is 43.4 Å². The Morgan fingerprint density at radius 3 is 2.69 bits per heavy atom. The van der Waals surface area contributed by atoms with E-state index < -0.39 is 0 Å². The van der Waals surface area contributed by atoms with E-state index in [0.717, 1.165) is 71.0 Å². The van der Waals surface area contributed by atoms with E-state index >= 15 is 0 Å². The minimum absolute atomic E-state index is 0.00663. The second kappa shape index (κ2) is 9.36. The molecular formula is C26H27N3O2S. The van der Waals surface area contributed by atoms with Crippen molar-refractivity contribution in [1.82, 2.24) is 9.88 Å². The van der Waals surface area contributed by atoms with E-state index in [9.17, 15) is 4.79 Å². The maximum Gasteiger partial charge on any atom is 0.260 e. The zero-order chi connectivity index (χ0) is 21.9. The first-order valence-electron chi connectivity index (χ1n) is 11.2. The fourth-order valence-electron chi connectivity index (χ4n) is 4.30. The molecule has 32 heavy (non-hydrogen) atoms. The van der Waals surface area contributed by atoms with Crippen LogP contribution in [0.5, 0.6) is 0 Å². The van der Waals surface area contributed by atoms with E-state index in [1.165, 1.54) is 5.56 Å². The van der Waals surface area contributed by atoms with Crippen LogP contribution in [0.2, 0.25) is 0 Å². The fraction of sp³-hybridized carbons (Fsp3) is 0.308. The second-order valence-corrected chi connectivity index (χ2v) is 9.06. The summed E-state index contributed by atoms with van der Waals surface area (Å²) in [6, 6.07) is 20.3. The molecule has 0 N–H and O–H groups in total. The summed E-state index contributed by atoms with van der Waals surface area (Å²) in [6.07, 6.45) is 0.922. The average Bonchev–Trinajstić information content (AvgIpc) is 3.28. The molecule has 0 spiro atoms. The number of benzene rings is 3. The van der Waals surface area contributed by atoms with Crippen molar-refractivity contribution in [3.8, 4) is 0 Å². The number of amides is 1. The lowest BCUT2D eigenvalue weighted by Crippen LogP contribution is -2.43. The van der Waals surface area contributed by atoms with Crippen molar-refractivity contribution in [3.05, 3.63) is 71.8 Å². The van der Waals surface area contributed by atoms with Crippen LogP contribution in [0.1, 0.15) is 22.8 Å². The topological polar surface area (TPSA) is 45.7 Å². The Morgan fingerprint density at radius 2 is 1.84 bits per heavy atom. The van der Waals surface area contributed by atoms with Gasteiger partial charge in [0.1, 0.15) is 0 Å². The van der Waals surface area contributed by atoms with Gasteiger partial charge in [0, 0.05) is 31.7 Å². The van der Waals surface area contributed by atoms with Crippen LogP contribution in [0.15, 0.2) is 60.7 Å². The van der Waals surface area contributed by atoms with Crippen LogP contribution in [-0.4, -0.2) is 55.2 Å². The molecule has 2 heterocycles. The number of hydrogen-bond acceptors (Lipinski definition) is 5. The molecule has 1 aliphatic heterocycles. The van der Waals surface area contributed by atoms with Crippen LogP contribution in [-0.2, 0) is 11.2 Å². The van der Waals surface area contributed by atoms with Crippen molar-refractivity contribution < 1.29 is 9.53 Å². The normalized spacial score (nSPS) is 14.8. The Labute approximate surface area is 192 Å². The van der Waals surface area contributed by atoms with Crippen molar-refractivity contribution in [3.63, 3.8) is 0 Å². The van der Waals surface area contributed by atoms with Gasteiger partial charge in [-0.15, -0.1) is 0 Å². The molecule has 6 heteroatoms. The van der Waals surface area contributed by atoms with Crippen molar-refractivity contribution in [2.24, 2.45) is 0 Å². The predicted octanol–water partition coefficient (Wildman–Crippen LogP) is 4.99. The van der Waals surface area contributed by atoms with E-state index in [1.807, 2.05) is 35.2 Å². The summed E-state index contributed by atoms with van der Waals surface area (Å²) in [5.74, 6) is 0.00663. The third-order valence-electron chi connectivity index (χ3n) is 6.11. The van der Waals surface area contributed by atoms with Crippen LogP contribution in [0.3, 0.4) is 0 Å². The summed E-state index contributed by atoms with van der Waals surface area (Å²) in [5.41, 5.74) is 2.95. The van der Waals surface area contributed by atoms with Crippen molar-refractivity contribution in [2.75, 3.05) is 44.3 Å². The van der Waals surface area contributed by atoms with Crippen molar-refractivity contribution in [2.45, 2.75) is 13.3 Å². The quantitative estimate of drug-likeness (QED) is 0.419. The Hall–Kier alpha value is -2.80. The Morgan fingerprint density at radius 1 is 1.06 bits per heavy atom. The van der Waals surface area contributed by atoms with E-state index in [4.69, 9.17) is 9.72 Å². The van der Waals surface area contributed by atoms with Gasteiger partial charge in [-0.3, -0.25) is 14.6 Å². The number of fused-ring (bicyclic) bond motifs is 2. The number of para-hydroxylation sites is 1. The Bertz CT molecular complexity index is 1240. The number of thiazole rings is 1. The molecular weight excluding hydrogens is 418 g/mol. The number of aryl methyl sites for hydroxylation is 1. The maximum absolute atomic E-state index is 13.9. The van der Waals surface area contributed by atoms with Crippen LogP contribution in [0.4, 0.5) is 5.13 Å². The molecule has 0 bridgehead atoms. The largest absolute Gasteiger partial charge is 0.379 e. The number of morpholine rings is 1. The number of carbonyl (C=O) groups is 1. The number of aromatic nitrogens is 1. The van der Waals surface area contributed by atoms with Gasteiger partial charge in [-0.05, 0) is 34.9 Å². The molecule has 1 aromatic heterocycles. The van der Waals surface area contributed by atoms with Crippen molar-refractivity contribution in [1.29, 1.82) is 0 Å². The molecule has 0 unspecified atom stereocenters. The zero-order valence-electron chi connectivity index (χ0n) is 18.3. The van der Waals surface area contributed by atoms with Gasteiger partial charge in [0.2, 0.25) is 0 Å². The van der Waals surface area contributed by atoms with Crippen LogP contribution in [0, 0.1) is 0 Å². The summed E-state index contributed by atoms with van der Waals surface area (Å²) in [5, 5.41) is 2.82. The van der Waals surface area contributed by atoms with Gasteiger partial charge in [-0.2, -0.15) is 0 Å². The second-order valence-electron chi connectivity index (χ2n) is 8.05. The minimum atomic E-state index is 0.00663. The molecule has 5 rings (SSSR count). The lowest BCUT2D eigenvalue weighted by Gasteiger charge is -2.29. The molecule has 0 radical (unpaired) electrons. The molecule has 1 saturated heterocycles. The van der Waals surface area contributed by atoms with Gasteiger partial charge >= 0.3 is 0 Å². The summed E-state index contributed by atoms with van der Waals surface area (Å²) in [7, 11) is 0. The van der Waals surface area contributed by atoms with Gasteiger partial charge in [-0.25, -0.2) is 4.98 Å². The summed E-state index contributed by atoms with van der Waals surface area (Å²) in [6.45, 7) is 6.84. The first kappa shape index (κ1) is 21.1. The minimum Gasteiger partial charge on any atom is -0.379 e. The molecule has 0 atom stereocenters. The first-order chi connectivity index (χ1) is 15.7. The number of anilines is 1. The first-order valence-corrected chi connectivity index (χ1v) is 12.0. The van der Waals surface area contributed by atoms with Gasteiger partial charge in [-0.1, -0.05) is 66.8 Å². The Balaban J connectivity index is 1.54. The average molecular weight is 446 g/mol. The van der Waals surface area contributed by atoms with E-state index in [2.05, 4.69) is 42.2 Å². The monoisotopic (exact) mass is 445 g/mol. The summed E-state index contributed by atoms with van der Waals surface area (Å²) in [4.78, 5) is 23.1. The molecule has 164 valence electrons. The lowest BCUT2D eigenvalue weighted by molar-refractivity contribution is 0.0391. The third kappa shape index (κ3) is 4.13. The van der Waals surface area contributed by atoms with Gasteiger partial charge in [0.05, 0.1) is 23.4 Å². The smallest absolute Gasteiger partial charge is 0.260 e. The molecule has 1 aliphatic rings. The van der Waals surface area contributed by atoms with Gasteiger partial charge in [0.15, 0.2) is 5.13 Å². The summed E-state index contributed by atoms with van der Waals surface area (Å²) < 4.78 is 6.62. The van der Waals surface area contributed by atoms with E-state index in [-0.39, 0.29) is 5.91 Å². The summed E-state index contributed by atoms with van der Waals surface area (Å²) >= 11 is 1.60. The highest BCUT2D eigenvalue weighted by molar-refractivity contribution is 7.22. The number of rotatable bonds is 6. The predicted molar refractivity (Wildman–Crippen MR) is 132 cm³/mol. The zero-order valence-corrected chi connectivity index (χ0v) is 19.1. The maximum atomic E-state index is 13.9. The SMILES string of the molecule is CCc1cccc2sc(N(CCN3CCOCC3)C(=O)c3cccc4ccccc34)nc12. The molecule has 1 fully saturated rings. The van der Waals surface area contributed by atoms with E-state index in [0.29, 0.717) is 6.54 Å². The number of hydrogen-bond donors (Lipinski definition) is 0. The van der Waals surface area contributed by atoms with E-state index in [1.54, 1.807) is 11.3 Å². The lowest BCUT2D eigenvalue weighted by atomic mass is 10.0. The molecule has 0 aliphatic carbocycles. The molecule has 5 nitrogen and oxygen atoms in total. The number of nitrogens with zero attached hydrogens (tertiary/aromatic N) is 3. The third-order valence-corrected chi connectivity index (χ3v) is 7.16. The molecule has 4 aromatic rings. The molecule has 1 amide bonds. The van der Waals surface area contributed by atoms with Crippen LogP contribution < -0.4 is 4.90 Å². The standard InChI is InChI=1S/C26H27N3O2S/c1-2-19-8-6-12-23-24(19)27-26(32-23)29(14-13-28-15-17-31-18-16-28)25(30)22-11-5-9-20-7-3-4-10-21(20)22/h3-12H,2,13-18H2,1H3. The highest BCUT2D eigenvalue weighted by atomic mass is 32.1. The Kier molecular flexibility index (Phi) is 6.17.